The zero-order valence-electron chi connectivity index (χ0n) is 45.3. The average Bonchev–Trinajstić information content (AvgIpc) is 3.92. The van der Waals surface area contributed by atoms with Gasteiger partial charge < -0.3 is 29.2 Å². The molecule has 1 aliphatic carbocycles. The number of carbonyl (C=O) groups excluding carboxylic acids is 1. The molecule has 3 atom stereocenters. The van der Waals surface area contributed by atoms with Gasteiger partial charge in [0.1, 0.15) is 48.9 Å². The molecule has 2 bridgehead atoms. The van der Waals surface area contributed by atoms with Crippen molar-refractivity contribution in [1.82, 2.24) is 30.1 Å². The van der Waals surface area contributed by atoms with Crippen LogP contribution in [0.4, 0.5) is 19.4 Å². The van der Waals surface area contributed by atoms with Crippen LogP contribution in [0.5, 0.6) is 11.8 Å². The Morgan fingerprint density at radius 3 is 2.27 bits per heavy atom. The number of piperazine rings is 1. The predicted molar refractivity (Wildman–Crippen MR) is 289 cm³/mol. The highest BCUT2D eigenvalue weighted by Crippen LogP contribution is 2.47. The minimum absolute atomic E-state index is 0.0183. The van der Waals surface area contributed by atoms with Crippen LogP contribution in [-0.4, -0.2) is 122 Å². The van der Waals surface area contributed by atoms with E-state index < -0.39 is 25.3 Å². The summed E-state index contributed by atoms with van der Waals surface area (Å²) >= 11 is 0. The number of methoxy groups -OCH3 is 1. The van der Waals surface area contributed by atoms with Crippen LogP contribution in [0.2, 0.25) is 16.6 Å². The second-order valence-electron chi connectivity index (χ2n) is 24.0. The van der Waals surface area contributed by atoms with Gasteiger partial charge in [-0.3, -0.25) is 14.8 Å². The molecule has 1 spiro atoms. The highest BCUT2D eigenvalue weighted by Gasteiger charge is 2.46. The van der Waals surface area contributed by atoms with Gasteiger partial charge in [0.15, 0.2) is 12.6 Å². The van der Waals surface area contributed by atoms with E-state index in [0.29, 0.717) is 75.0 Å². The second-order valence-corrected chi connectivity index (χ2v) is 29.6. The van der Waals surface area contributed by atoms with Crippen molar-refractivity contribution in [2.24, 2.45) is 11.3 Å². The van der Waals surface area contributed by atoms with E-state index in [-0.39, 0.29) is 53.8 Å². The summed E-state index contributed by atoms with van der Waals surface area (Å²) in [5.41, 5.74) is 5.15. The molecule has 0 radical (unpaired) electrons. The normalized spacial score (nSPS) is 21.8. The fourth-order valence-corrected chi connectivity index (χ4v) is 18.9. The molecule has 2 unspecified atom stereocenters. The summed E-state index contributed by atoms with van der Waals surface area (Å²) in [5.74, 6) is 3.87. The van der Waals surface area contributed by atoms with E-state index in [1.54, 1.807) is 18.3 Å². The van der Waals surface area contributed by atoms with Crippen LogP contribution >= 0.6 is 0 Å². The predicted octanol–water partition coefficient (Wildman–Crippen LogP) is 12.1. The second kappa shape index (κ2) is 21.9. The van der Waals surface area contributed by atoms with E-state index in [1.807, 2.05) is 31.7 Å². The zero-order chi connectivity index (χ0) is 51.8. The maximum Gasteiger partial charge on any atom is 0.410 e. The van der Waals surface area contributed by atoms with Gasteiger partial charge in [0.2, 0.25) is 0 Å². The topological polar surface area (TPSA) is 114 Å². The molecule has 5 fully saturated rings. The van der Waals surface area contributed by atoms with Crippen molar-refractivity contribution in [3.63, 3.8) is 0 Å². The Balaban J connectivity index is 1.09. The van der Waals surface area contributed by atoms with Gasteiger partial charge in [-0.05, 0) is 169 Å². The van der Waals surface area contributed by atoms with Crippen LogP contribution in [0.1, 0.15) is 139 Å². The quantitative estimate of drug-likeness (QED) is 0.0740. The monoisotopic (exact) mass is 1020 g/mol. The van der Waals surface area contributed by atoms with E-state index >= 15 is 8.78 Å². The van der Waals surface area contributed by atoms with E-state index in [1.165, 1.54) is 58.1 Å². The van der Waals surface area contributed by atoms with Gasteiger partial charge in [-0.2, -0.15) is 9.97 Å². The third-order valence-electron chi connectivity index (χ3n) is 17.5. The number of nitrogens with zero attached hydrogens (tertiary/aromatic N) is 6. The fourth-order valence-electron chi connectivity index (χ4n) is 13.7. The summed E-state index contributed by atoms with van der Waals surface area (Å²) in [6.07, 6.45) is 14.2. The highest BCUT2D eigenvalue weighted by atomic mass is 28.3. The maximum absolute atomic E-state index is 18.1. The molecule has 12 nitrogen and oxygen atoms in total. The number of nitrogens with one attached hydrogen (secondary N) is 1. The van der Waals surface area contributed by atoms with Gasteiger partial charge in [0, 0.05) is 43.4 Å². The molecular formula is C58H81F2N7O5Si. The standard InChI is InChI=1S/C58H81F2N7O5Si/c1-37(2)73(38(3)4,39(5)6)29-20-46-49(59)16-13-41-30-45(71-36-69-10)31-47(50(41)46)52-51(60)53-48(32-62-52)54(66-33-42-14-15-43(34-66)67(42)56(68)72-57(7,8)9)64-55(63-53)70-35-44-12-11-27-65(44)28-19-40-17-21-58(22-18-40)23-25-61-26-24-58/h13,16,30-32,37-40,42-44,61H,11-12,14-15,17-19,21-28,33-36H2,1-10H3/t42?,43?,44-/m0/s1. The number of fused-ring (bicyclic) bond motifs is 4. The molecule has 9 rings (SSSR count). The maximum atomic E-state index is 18.1. The number of pyridine rings is 1. The summed E-state index contributed by atoms with van der Waals surface area (Å²) < 4.78 is 58.4. The zero-order valence-corrected chi connectivity index (χ0v) is 46.3. The molecule has 1 amide bonds. The van der Waals surface area contributed by atoms with Gasteiger partial charge in [0.25, 0.3) is 0 Å². The van der Waals surface area contributed by atoms with Crippen molar-refractivity contribution in [2.45, 2.75) is 173 Å². The Morgan fingerprint density at radius 1 is 0.918 bits per heavy atom. The van der Waals surface area contributed by atoms with Gasteiger partial charge in [-0.1, -0.05) is 53.5 Å². The van der Waals surface area contributed by atoms with Gasteiger partial charge in [0.05, 0.1) is 23.0 Å². The number of carbonyl (C=O) groups is 1. The number of amides is 1. The lowest BCUT2D eigenvalue weighted by Crippen LogP contribution is -2.57. The Labute approximate surface area is 434 Å². The van der Waals surface area contributed by atoms with Crippen LogP contribution in [0.3, 0.4) is 0 Å². The molecule has 1 saturated carbocycles. The fraction of sp³-hybridized carbons (Fsp3) is 0.655. The Morgan fingerprint density at radius 2 is 1.62 bits per heavy atom. The van der Waals surface area contributed by atoms with E-state index in [2.05, 4.69) is 68.1 Å². The summed E-state index contributed by atoms with van der Waals surface area (Å²) in [6, 6.07) is 6.64. The summed E-state index contributed by atoms with van der Waals surface area (Å²) in [4.78, 5) is 35.0. The molecule has 4 aliphatic heterocycles. The Hall–Kier alpha value is -4.62. The molecule has 15 heteroatoms. The van der Waals surface area contributed by atoms with Crippen molar-refractivity contribution in [1.29, 1.82) is 0 Å². The number of likely N-dealkylation sites (tertiary alicyclic amines) is 1. The summed E-state index contributed by atoms with van der Waals surface area (Å²) in [6.45, 7) is 24.7. The number of anilines is 1. The minimum Gasteiger partial charge on any atom is -0.468 e. The van der Waals surface area contributed by atoms with Gasteiger partial charge >= 0.3 is 12.1 Å². The number of aromatic nitrogens is 3. The third-order valence-corrected chi connectivity index (χ3v) is 23.8. The lowest BCUT2D eigenvalue weighted by Gasteiger charge is -2.43. The molecule has 2 aromatic carbocycles. The number of benzene rings is 2. The molecule has 1 N–H and O–H groups in total. The Kier molecular flexibility index (Phi) is 16.0. The average molecular weight is 1020 g/mol. The molecule has 6 heterocycles. The first-order valence-corrected chi connectivity index (χ1v) is 29.7. The molecule has 4 aromatic rings. The van der Waals surface area contributed by atoms with Crippen LogP contribution in [0, 0.1) is 34.4 Å². The first-order chi connectivity index (χ1) is 34.9. The first-order valence-electron chi connectivity index (χ1n) is 27.5. The molecule has 4 saturated heterocycles. The summed E-state index contributed by atoms with van der Waals surface area (Å²) in [7, 11) is -0.783. The van der Waals surface area contributed by atoms with Crippen molar-refractivity contribution in [3.05, 3.63) is 47.7 Å². The van der Waals surface area contributed by atoms with Gasteiger partial charge in [-0.25, -0.2) is 13.6 Å². The molecule has 5 aliphatic rings. The lowest BCUT2D eigenvalue weighted by molar-refractivity contribution is 0.0122. The van der Waals surface area contributed by atoms with E-state index in [4.69, 9.17) is 33.9 Å². The number of ether oxygens (including phenoxy) is 4. The number of rotatable bonds is 14. The number of hydrogen-bond acceptors (Lipinski definition) is 11. The minimum atomic E-state index is -2.32. The van der Waals surface area contributed by atoms with Gasteiger partial charge in [-0.15, -0.1) is 5.54 Å². The summed E-state index contributed by atoms with van der Waals surface area (Å²) in [5, 5.41) is 5.05. The van der Waals surface area contributed by atoms with E-state index in [0.717, 1.165) is 57.8 Å². The lowest BCUT2D eigenvalue weighted by atomic mass is 9.65. The largest absolute Gasteiger partial charge is 0.468 e. The number of hydrogen-bond donors (Lipinski definition) is 1. The number of halogens is 2. The Bertz CT molecular complexity index is 2650. The SMILES string of the molecule is COCOc1cc(-c2ncc3c(N4CC5CCC(C4)N5C(=O)OC(C)(C)C)nc(OC[C@@H]4CCCN4CCC4CCC5(CCNCC5)CC4)nc3c2F)c2c(C#C[Si](C(C)C)(C(C)C)C(C)C)c(F)ccc2c1. The van der Waals surface area contributed by atoms with Crippen LogP contribution in [-0.2, 0) is 9.47 Å². The van der Waals surface area contributed by atoms with Crippen LogP contribution in [0.15, 0.2) is 30.5 Å². The van der Waals surface area contributed by atoms with Crippen molar-refractivity contribution < 1.29 is 32.5 Å². The molecule has 2 aromatic heterocycles. The first kappa shape index (κ1) is 53.2. The number of piperidine rings is 1. The van der Waals surface area contributed by atoms with E-state index in [9.17, 15) is 4.79 Å². The highest BCUT2D eigenvalue weighted by molar-refractivity contribution is 6.90. The van der Waals surface area contributed by atoms with Crippen molar-refractivity contribution in [3.8, 4) is 34.5 Å². The van der Waals surface area contributed by atoms with Crippen LogP contribution in [0.25, 0.3) is 32.9 Å². The smallest absolute Gasteiger partial charge is 0.410 e. The van der Waals surface area contributed by atoms with Crippen LogP contribution < -0.4 is 19.7 Å². The molecule has 396 valence electrons. The van der Waals surface area contributed by atoms with Crippen molar-refractivity contribution in [2.75, 3.05) is 64.7 Å². The third kappa shape index (κ3) is 11.1. The van der Waals surface area contributed by atoms with Crippen molar-refractivity contribution >= 4 is 41.7 Å². The molecular weight excluding hydrogens is 941 g/mol. The molecule has 73 heavy (non-hydrogen) atoms.